The van der Waals surface area contributed by atoms with Gasteiger partial charge in [-0.05, 0) is 44.5 Å². The summed E-state index contributed by atoms with van der Waals surface area (Å²) in [6.07, 6.45) is 5.38. The van der Waals surface area contributed by atoms with Crippen LogP contribution in [0.5, 0.6) is 5.75 Å². The molecule has 18 heavy (non-hydrogen) atoms. The molecule has 0 aliphatic carbocycles. The van der Waals surface area contributed by atoms with Gasteiger partial charge >= 0.3 is 0 Å². The average Bonchev–Trinajstić information content (AvgIpc) is 2.55. The molecule has 3 heteroatoms. The Morgan fingerprint density at radius 1 is 1.33 bits per heavy atom. The molecule has 1 saturated heterocycles. The predicted octanol–water partition coefficient (Wildman–Crippen LogP) is 4.22. The maximum absolute atomic E-state index is 5.46. The van der Waals surface area contributed by atoms with Crippen molar-refractivity contribution in [1.82, 2.24) is 4.90 Å². The van der Waals surface area contributed by atoms with E-state index in [0.29, 0.717) is 6.04 Å². The summed E-state index contributed by atoms with van der Waals surface area (Å²) in [5, 5.41) is 0. The molecule has 0 aromatic heterocycles. The molecule has 0 saturated carbocycles. The molecule has 0 amide bonds. The minimum absolute atomic E-state index is 0.677. The van der Waals surface area contributed by atoms with Crippen molar-refractivity contribution in [2.75, 3.05) is 13.7 Å². The third-order valence-electron chi connectivity index (χ3n) is 3.81. The monoisotopic (exact) mass is 311 g/mol. The molecule has 0 radical (unpaired) electrons. The molecule has 1 aromatic carbocycles. The normalized spacial score (nSPS) is 21.6. The van der Waals surface area contributed by atoms with Crippen LogP contribution in [0.3, 0.4) is 0 Å². The zero-order valence-electron chi connectivity index (χ0n) is 11.3. The summed E-state index contributed by atoms with van der Waals surface area (Å²) in [5.41, 5.74) is 1.28. The van der Waals surface area contributed by atoms with Crippen LogP contribution >= 0.6 is 15.9 Å². The summed E-state index contributed by atoms with van der Waals surface area (Å²) in [4.78, 5) is 2.58. The van der Waals surface area contributed by atoms with Crippen LogP contribution in [0.15, 0.2) is 22.7 Å². The highest BCUT2D eigenvalue weighted by Gasteiger charge is 2.18. The van der Waals surface area contributed by atoms with Crippen molar-refractivity contribution in [2.24, 2.45) is 0 Å². The molecule has 1 unspecified atom stereocenters. The first-order chi connectivity index (χ1) is 8.70. The second-order valence-corrected chi connectivity index (χ2v) is 6.04. The van der Waals surface area contributed by atoms with Crippen molar-refractivity contribution in [3.05, 3.63) is 28.2 Å². The fourth-order valence-corrected chi connectivity index (χ4v) is 3.07. The van der Waals surface area contributed by atoms with E-state index in [1.165, 1.54) is 37.8 Å². The molecule has 2 nitrogen and oxygen atoms in total. The number of rotatable bonds is 3. The van der Waals surface area contributed by atoms with Gasteiger partial charge < -0.3 is 4.74 Å². The van der Waals surface area contributed by atoms with Gasteiger partial charge in [0, 0.05) is 22.6 Å². The SMILES string of the molecule is COc1ccc(Br)cc1CN1CCCCCC1C. The smallest absolute Gasteiger partial charge is 0.123 e. The maximum atomic E-state index is 5.46. The Morgan fingerprint density at radius 2 is 2.17 bits per heavy atom. The third kappa shape index (κ3) is 3.48. The average molecular weight is 312 g/mol. The van der Waals surface area contributed by atoms with E-state index in [1.54, 1.807) is 7.11 Å². The standard InChI is InChI=1S/C15H22BrNO/c1-12-6-4-3-5-9-17(12)11-13-10-14(16)7-8-15(13)18-2/h7-8,10,12H,3-6,9,11H2,1-2H3. The van der Waals surface area contributed by atoms with Gasteiger partial charge in [0.25, 0.3) is 0 Å². The Labute approximate surface area is 118 Å². The lowest BCUT2D eigenvalue weighted by atomic mass is 10.1. The lowest BCUT2D eigenvalue weighted by Gasteiger charge is -2.27. The Balaban J connectivity index is 2.13. The van der Waals surface area contributed by atoms with E-state index in [1.807, 2.05) is 12.1 Å². The largest absolute Gasteiger partial charge is 0.496 e. The van der Waals surface area contributed by atoms with Crippen molar-refractivity contribution in [1.29, 1.82) is 0 Å². The van der Waals surface area contributed by atoms with E-state index in [4.69, 9.17) is 4.74 Å². The molecule has 0 N–H and O–H groups in total. The molecule has 2 rings (SSSR count). The van der Waals surface area contributed by atoms with Gasteiger partial charge in [-0.2, -0.15) is 0 Å². The highest BCUT2D eigenvalue weighted by atomic mass is 79.9. The zero-order valence-corrected chi connectivity index (χ0v) is 12.9. The molecule has 0 bridgehead atoms. The van der Waals surface area contributed by atoms with Crippen molar-refractivity contribution >= 4 is 15.9 Å². The van der Waals surface area contributed by atoms with E-state index in [9.17, 15) is 0 Å². The van der Waals surface area contributed by atoms with Crippen LogP contribution in [0.1, 0.15) is 38.2 Å². The predicted molar refractivity (Wildman–Crippen MR) is 79.0 cm³/mol. The minimum Gasteiger partial charge on any atom is -0.496 e. The van der Waals surface area contributed by atoms with Gasteiger partial charge in [-0.1, -0.05) is 28.8 Å². The summed E-state index contributed by atoms with van der Waals surface area (Å²) in [6, 6.07) is 6.93. The number of likely N-dealkylation sites (tertiary alicyclic amines) is 1. The van der Waals surface area contributed by atoms with E-state index < -0.39 is 0 Å². The lowest BCUT2D eigenvalue weighted by molar-refractivity contribution is 0.202. The van der Waals surface area contributed by atoms with Crippen LogP contribution in [0.4, 0.5) is 0 Å². The van der Waals surface area contributed by atoms with Gasteiger partial charge in [0.2, 0.25) is 0 Å². The fraction of sp³-hybridized carbons (Fsp3) is 0.600. The zero-order chi connectivity index (χ0) is 13.0. The van der Waals surface area contributed by atoms with Gasteiger partial charge in [-0.25, -0.2) is 0 Å². The number of hydrogen-bond acceptors (Lipinski definition) is 2. The van der Waals surface area contributed by atoms with Crippen LogP contribution in [-0.2, 0) is 6.54 Å². The summed E-state index contributed by atoms with van der Waals surface area (Å²) in [6.45, 7) is 4.54. The van der Waals surface area contributed by atoms with Crippen molar-refractivity contribution < 1.29 is 4.74 Å². The molecule has 1 atom stereocenters. The quantitative estimate of drug-likeness (QED) is 0.828. The molecule has 0 spiro atoms. The van der Waals surface area contributed by atoms with Crippen LogP contribution in [0.2, 0.25) is 0 Å². The van der Waals surface area contributed by atoms with E-state index in [0.717, 1.165) is 16.8 Å². The van der Waals surface area contributed by atoms with Crippen LogP contribution in [0, 0.1) is 0 Å². The summed E-state index contributed by atoms with van der Waals surface area (Å²) in [7, 11) is 1.75. The number of nitrogens with zero attached hydrogens (tertiary/aromatic N) is 1. The van der Waals surface area contributed by atoms with Gasteiger partial charge in [0.1, 0.15) is 5.75 Å². The number of benzene rings is 1. The van der Waals surface area contributed by atoms with E-state index >= 15 is 0 Å². The molecular weight excluding hydrogens is 290 g/mol. The van der Waals surface area contributed by atoms with Crippen LogP contribution < -0.4 is 4.74 Å². The molecule has 100 valence electrons. The number of ether oxygens (including phenoxy) is 1. The van der Waals surface area contributed by atoms with Crippen molar-refractivity contribution in [3.63, 3.8) is 0 Å². The summed E-state index contributed by atoms with van der Waals surface area (Å²) in [5.74, 6) is 0.995. The topological polar surface area (TPSA) is 12.5 Å². The molecule has 1 fully saturated rings. The molecule has 1 aliphatic rings. The minimum atomic E-state index is 0.677. The van der Waals surface area contributed by atoms with Gasteiger partial charge in [-0.15, -0.1) is 0 Å². The van der Waals surface area contributed by atoms with Crippen LogP contribution in [0.25, 0.3) is 0 Å². The van der Waals surface area contributed by atoms with E-state index in [-0.39, 0.29) is 0 Å². The van der Waals surface area contributed by atoms with Crippen LogP contribution in [-0.4, -0.2) is 24.6 Å². The first-order valence-corrected chi connectivity index (χ1v) is 7.56. The third-order valence-corrected chi connectivity index (χ3v) is 4.30. The second-order valence-electron chi connectivity index (χ2n) is 5.13. The highest BCUT2D eigenvalue weighted by Crippen LogP contribution is 2.26. The Bertz CT molecular complexity index is 394. The molecule has 1 heterocycles. The summed E-state index contributed by atoms with van der Waals surface area (Å²) >= 11 is 3.55. The second kappa shape index (κ2) is 6.58. The number of methoxy groups -OCH3 is 1. The van der Waals surface area contributed by atoms with Gasteiger partial charge in [0.15, 0.2) is 0 Å². The fourth-order valence-electron chi connectivity index (χ4n) is 2.66. The number of hydrogen-bond donors (Lipinski definition) is 0. The first kappa shape index (κ1) is 13.9. The maximum Gasteiger partial charge on any atom is 0.123 e. The number of halogens is 1. The Kier molecular flexibility index (Phi) is 5.07. The van der Waals surface area contributed by atoms with Gasteiger partial charge in [-0.3, -0.25) is 4.90 Å². The van der Waals surface area contributed by atoms with Crippen molar-refractivity contribution in [3.8, 4) is 5.75 Å². The van der Waals surface area contributed by atoms with E-state index in [2.05, 4.69) is 33.8 Å². The lowest BCUT2D eigenvalue weighted by Crippen LogP contribution is -2.32. The molecule has 1 aliphatic heterocycles. The first-order valence-electron chi connectivity index (χ1n) is 6.77. The van der Waals surface area contributed by atoms with Crippen molar-refractivity contribution in [2.45, 2.75) is 45.2 Å². The van der Waals surface area contributed by atoms with Gasteiger partial charge in [0.05, 0.1) is 7.11 Å². The Morgan fingerprint density at radius 3 is 2.94 bits per heavy atom. The Hall–Kier alpha value is -0.540. The summed E-state index contributed by atoms with van der Waals surface area (Å²) < 4.78 is 6.59. The highest BCUT2D eigenvalue weighted by molar-refractivity contribution is 9.10. The molecule has 1 aromatic rings. The molecular formula is C15H22BrNO.